The van der Waals surface area contributed by atoms with Crippen molar-refractivity contribution < 1.29 is 22.7 Å². The molecule has 0 radical (unpaired) electrons. The maximum absolute atomic E-state index is 13.9. The molecule has 35 heavy (non-hydrogen) atoms. The van der Waals surface area contributed by atoms with E-state index in [1.54, 1.807) is 24.3 Å². The van der Waals surface area contributed by atoms with Crippen molar-refractivity contribution in [2.24, 2.45) is 0 Å². The molecule has 3 N–H and O–H groups in total. The van der Waals surface area contributed by atoms with Crippen LogP contribution in [0.1, 0.15) is 48.3 Å². The van der Waals surface area contributed by atoms with E-state index in [2.05, 4.69) is 25.9 Å². The Hall–Kier alpha value is -2.63. The molecule has 2 aliphatic heterocycles. The minimum atomic E-state index is -4.49. The molecule has 2 aliphatic rings. The smallest absolute Gasteiger partial charge is 0.379 e. The number of halogens is 3. The van der Waals surface area contributed by atoms with E-state index in [-0.39, 0.29) is 17.8 Å². The largest absolute Gasteiger partial charge is 0.410 e. The molecule has 0 bridgehead atoms. The number of anilines is 1. The van der Waals surface area contributed by atoms with Gasteiger partial charge in [-0.25, -0.2) is 4.68 Å². The zero-order chi connectivity index (χ0) is 25.1. The van der Waals surface area contributed by atoms with Crippen molar-refractivity contribution in [1.29, 1.82) is 0 Å². The second-order valence-corrected chi connectivity index (χ2v) is 9.72. The SMILES string of the molecule is CC(C)(CNCCN1CCOCC1)NC(=O)c1cnn2c1N[C@@H](c1ccccc1)C[C@H]2C(F)(F)F. The fraction of sp³-hybridized carbons (Fsp3) is 0.583. The number of amides is 1. The van der Waals surface area contributed by atoms with Gasteiger partial charge >= 0.3 is 6.18 Å². The standard InChI is InChI=1S/C24H33F3N6O2/c1-23(2,16-28-8-9-32-10-12-35-13-11-32)31-22(34)18-15-29-33-20(24(25,26)27)14-19(30-21(18)33)17-6-4-3-5-7-17/h3-7,15,19-20,28,30H,8-14,16H2,1-2H3,(H,31,34)/t19-,20+/m1/s1. The van der Waals surface area contributed by atoms with Crippen LogP contribution in [0.3, 0.4) is 0 Å². The van der Waals surface area contributed by atoms with Crippen molar-refractivity contribution in [3.8, 4) is 0 Å². The number of nitrogens with zero attached hydrogens (tertiary/aromatic N) is 3. The summed E-state index contributed by atoms with van der Waals surface area (Å²) in [5, 5.41) is 13.4. The topological polar surface area (TPSA) is 83.5 Å². The maximum atomic E-state index is 13.9. The van der Waals surface area contributed by atoms with Gasteiger partial charge in [-0.3, -0.25) is 9.69 Å². The number of hydrogen-bond acceptors (Lipinski definition) is 6. The van der Waals surface area contributed by atoms with Crippen molar-refractivity contribution in [2.75, 3.05) is 51.3 Å². The molecular formula is C24H33F3N6O2. The third kappa shape index (κ3) is 6.33. The van der Waals surface area contributed by atoms with Gasteiger partial charge in [0.15, 0.2) is 6.04 Å². The predicted molar refractivity (Wildman–Crippen MR) is 126 cm³/mol. The first-order valence-electron chi connectivity index (χ1n) is 11.9. The molecule has 192 valence electrons. The molecule has 1 aromatic heterocycles. The van der Waals surface area contributed by atoms with Crippen LogP contribution in [-0.2, 0) is 4.74 Å². The normalized spacial score (nSPS) is 21.3. The first kappa shape index (κ1) is 25.5. The number of morpholine rings is 1. The van der Waals surface area contributed by atoms with Crippen LogP contribution in [0, 0.1) is 0 Å². The van der Waals surface area contributed by atoms with Crippen LogP contribution >= 0.6 is 0 Å². The van der Waals surface area contributed by atoms with Crippen molar-refractivity contribution in [1.82, 2.24) is 25.3 Å². The number of ether oxygens (including phenoxy) is 1. The fourth-order valence-corrected chi connectivity index (χ4v) is 4.51. The summed E-state index contributed by atoms with van der Waals surface area (Å²) in [5.74, 6) is -0.380. The van der Waals surface area contributed by atoms with Gasteiger partial charge in [-0.15, -0.1) is 0 Å². The monoisotopic (exact) mass is 494 g/mol. The van der Waals surface area contributed by atoms with Crippen LogP contribution in [-0.4, -0.2) is 78.2 Å². The molecule has 1 fully saturated rings. The minimum Gasteiger partial charge on any atom is -0.379 e. The van der Waals surface area contributed by atoms with Gasteiger partial charge in [0.05, 0.1) is 25.5 Å². The molecule has 0 aliphatic carbocycles. The van der Waals surface area contributed by atoms with E-state index in [9.17, 15) is 18.0 Å². The zero-order valence-electron chi connectivity index (χ0n) is 20.1. The first-order chi connectivity index (χ1) is 16.6. The number of carbonyl (C=O) groups excluding carboxylic acids is 1. The Balaban J connectivity index is 1.42. The van der Waals surface area contributed by atoms with E-state index in [4.69, 9.17) is 4.74 Å². The first-order valence-corrected chi connectivity index (χ1v) is 11.9. The molecule has 0 saturated carbocycles. The number of benzene rings is 1. The van der Waals surface area contributed by atoms with E-state index in [1.807, 2.05) is 19.9 Å². The predicted octanol–water partition coefficient (Wildman–Crippen LogP) is 2.97. The van der Waals surface area contributed by atoms with Crippen LogP contribution in [0.5, 0.6) is 0 Å². The van der Waals surface area contributed by atoms with Crippen molar-refractivity contribution >= 4 is 11.7 Å². The minimum absolute atomic E-state index is 0.0843. The molecule has 0 unspecified atom stereocenters. The highest BCUT2D eigenvalue weighted by atomic mass is 19.4. The lowest BCUT2D eigenvalue weighted by Crippen LogP contribution is -2.51. The van der Waals surface area contributed by atoms with Crippen LogP contribution in [0.25, 0.3) is 0 Å². The lowest BCUT2D eigenvalue weighted by atomic mass is 9.96. The summed E-state index contributed by atoms with van der Waals surface area (Å²) in [4.78, 5) is 15.4. The van der Waals surface area contributed by atoms with Gasteiger partial charge in [0.2, 0.25) is 0 Å². The van der Waals surface area contributed by atoms with Gasteiger partial charge in [0.1, 0.15) is 11.4 Å². The Labute approximate surface area is 203 Å². The summed E-state index contributed by atoms with van der Waals surface area (Å²) in [6, 6.07) is 6.54. The average Bonchev–Trinajstić information content (AvgIpc) is 3.26. The second kappa shape index (κ2) is 10.5. The van der Waals surface area contributed by atoms with Crippen molar-refractivity contribution in [2.45, 2.75) is 44.1 Å². The summed E-state index contributed by atoms with van der Waals surface area (Å²) in [6.07, 6.45) is -3.49. The van der Waals surface area contributed by atoms with Gasteiger partial charge in [-0.1, -0.05) is 30.3 Å². The summed E-state index contributed by atoms with van der Waals surface area (Å²) in [5.41, 5.74) is 0.208. The quantitative estimate of drug-likeness (QED) is 0.490. The van der Waals surface area contributed by atoms with Gasteiger partial charge in [0.25, 0.3) is 5.91 Å². The Morgan fingerprint density at radius 1 is 1.20 bits per heavy atom. The molecule has 3 heterocycles. The van der Waals surface area contributed by atoms with Crippen LogP contribution in [0.4, 0.5) is 19.0 Å². The van der Waals surface area contributed by atoms with Crippen LogP contribution < -0.4 is 16.0 Å². The third-order valence-corrected chi connectivity index (χ3v) is 6.41. The number of aromatic nitrogens is 2. The van der Waals surface area contributed by atoms with Gasteiger partial charge < -0.3 is 20.7 Å². The van der Waals surface area contributed by atoms with Crippen LogP contribution in [0.15, 0.2) is 36.5 Å². The van der Waals surface area contributed by atoms with E-state index < -0.39 is 29.7 Å². The fourth-order valence-electron chi connectivity index (χ4n) is 4.51. The zero-order valence-corrected chi connectivity index (χ0v) is 20.1. The van der Waals surface area contributed by atoms with Crippen molar-refractivity contribution in [3.05, 3.63) is 47.7 Å². The van der Waals surface area contributed by atoms with E-state index in [0.29, 0.717) is 6.54 Å². The number of fused-ring (bicyclic) bond motifs is 1. The molecular weight excluding hydrogens is 461 g/mol. The van der Waals surface area contributed by atoms with Gasteiger partial charge in [0, 0.05) is 44.7 Å². The molecule has 8 nitrogen and oxygen atoms in total. The highest BCUT2D eigenvalue weighted by molar-refractivity contribution is 5.99. The highest BCUT2D eigenvalue weighted by Crippen LogP contribution is 2.44. The second-order valence-electron chi connectivity index (χ2n) is 9.72. The maximum Gasteiger partial charge on any atom is 0.410 e. The molecule has 1 saturated heterocycles. The number of rotatable bonds is 8. The van der Waals surface area contributed by atoms with Gasteiger partial charge in [-0.05, 0) is 19.4 Å². The molecule has 2 atom stereocenters. The lowest BCUT2D eigenvalue weighted by molar-refractivity contribution is -0.173. The Kier molecular flexibility index (Phi) is 7.67. The molecule has 11 heteroatoms. The number of hydrogen-bond donors (Lipinski definition) is 3. The highest BCUT2D eigenvalue weighted by Gasteiger charge is 2.47. The van der Waals surface area contributed by atoms with E-state index in [1.165, 1.54) is 6.20 Å². The summed E-state index contributed by atoms with van der Waals surface area (Å²) in [6.45, 7) is 9.21. The molecule has 1 aromatic carbocycles. The molecule has 4 rings (SSSR count). The molecule has 1 amide bonds. The van der Waals surface area contributed by atoms with Crippen LogP contribution in [0.2, 0.25) is 0 Å². The molecule has 2 aromatic rings. The van der Waals surface area contributed by atoms with Crippen molar-refractivity contribution in [3.63, 3.8) is 0 Å². The van der Waals surface area contributed by atoms with E-state index in [0.717, 1.165) is 49.6 Å². The average molecular weight is 495 g/mol. The number of alkyl halides is 3. The van der Waals surface area contributed by atoms with E-state index >= 15 is 0 Å². The van der Waals surface area contributed by atoms with Gasteiger partial charge in [-0.2, -0.15) is 18.3 Å². The third-order valence-electron chi connectivity index (χ3n) is 6.41. The summed E-state index contributed by atoms with van der Waals surface area (Å²) >= 11 is 0. The Morgan fingerprint density at radius 3 is 2.60 bits per heavy atom. The number of nitrogens with one attached hydrogen (secondary N) is 3. The molecule has 0 spiro atoms. The Morgan fingerprint density at radius 2 is 1.91 bits per heavy atom. The lowest BCUT2D eigenvalue weighted by Gasteiger charge is -2.34. The number of carbonyl (C=O) groups is 1. The Bertz CT molecular complexity index is 989. The summed E-state index contributed by atoms with van der Waals surface area (Å²) < 4.78 is 47.9. The summed E-state index contributed by atoms with van der Waals surface area (Å²) in [7, 11) is 0.